The molecule has 4 fully saturated rings. The Bertz CT molecular complexity index is 713. The number of rotatable bonds is 7. The Hall–Kier alpha value is -1.15. The molecule has 0 aromatic carbocycles. The molecule has 0 spiro atoms. The van der Waals surface area contributed by atoms with E-state index in [9.17, 15) is 9.59 Å². The number of nitrogens with one attached hydrogen (secondary N) is 2. The third-order valence-corrected chi connectivity index (χ3v) is 8.51. The molecule has 28 heavy (non-hydrogen) atoms. The molecule has 0 aliphatic heterocycles. The Morgan fingerprint density at radius 2 is 1.75 bits per heavy atom. The number of hydrogen-bond donors (Lipinski definition) is 2. The maximum absolute atomic E-state index is 13.3. The molecule has 1 aromatic rings. The number of anilines is 1. The number of amides is 2. The van der Waals surface area contributed by atoms with Gasteiger partial charge in [-0.15, -0.1) is 10.2 Å². The van der Waals surface area contributed by atoms with Gasteiger partial charge in [0.1, 0.15) is 6.04 Å². The van der Waals surface area contributed by atoms with Crippen molar-refractivity contribution in [2.24, 2.45) is 29.1 Å². The summed E-state index contributed by atoms with van der Waals surface area (Å²) in [6.07, 6.45) is 6.92. The molecule has 6 nitrogen and oxygen atoms in total. The van der Waals surface area contributed by atoms with Gasteiger partial charge in [-0.1, -0.05) is 43.9 Å². The van der Waals surface area contributed by atoms with Gasteiger partial charge in [-0.2, -0.15) is 0 Å². The topological polar surface area (TPSA) is 84.0 Å². The minimum Gasteiger partial charge on any atom is -0.344 e. The fourth-order valence-corrected chi connectivity index (χ4v) is 7.50. The molecular formula is C20H30N4O2S2. The zero-order valence-corrected chi connectivity index (χ0v) is 18.5. The van der Waals surface area contributed by atoms with E-state index in [2.05, 4.69) is 27.8 Å². The Morgan fingerprint density at radius 3 is 2.29 bits per heavy atom. The molecule has 0 unspecified atom stereocenters. The Morgan fingerprint density at radius 1 is 1.14 bits per heavy atom. The van der Waals surface area contributed by atoms with Crippen molar-refractivity contribution in [2.75, 3.05) is 11.1 Å². The summed E-state index contributed by atoms with van der Waals surface area (Å²) in [5, 5.41) is 14.6. The largest absolute Gasteiger partial charge is 0.344 e. The first-order chi connectivity index (χ1) is 13.4. The lowest BCUT2D eigenvalue weighted by Crippen LogP contribution is -2.57. The smallest absolute Gasteiger partial charge is 0.249 e. The van der Waals surface area contributed by atoms with E-state index in [1.54, 1.807) is 11.8 Å². The Balaban J connectivity index is 1.43. The molecule has 0 saturated heterocycles. The van der Waals surface area contributed by atoms with E-state index in [0.717, 1.165) is 29.4 Å². The fourth-order valence-electron chi connectivity index (χ4n) is 5.84. The molecule has 1 aromatic heterocycles. The maximum Gasteiger partial charge on any atom is 0.249 e. The van der Waals surface area contributed by atoms with Gasteiger partial charge in [0.2, 0.25) is 16.9 Å². The van der Waals surface area contributed by atoms with E-state index in [-0.39, 0.29) is 23.1 Å². The summed E-state index contributed by atoms with van der Waals surface area (Å²) in [5.74, 6) is 2.95. The van der Waals surface area contributed by atoms with Gasteiger partial charge in [0, 0.05) is 5.41 Å². The average molecular weight is 423 g/mol. The molecule has 2 N–H and O–H groups in total. The number of nitrogens with zero attached hydrogens (tertiary/aromatic N) is 2. The summed E-state index contributed by atoms with van der Waals surface area (Å²) in [7, 11) is 0. The van der Waals surface area contributed by atoms with Crippen LogP contribution in [0.1, 0.15) is 59.3 Å². The number of carbonyl (C=O) groups excluding carboxylic acids is 2. The minimum absolute atomic E-state index is 0.00951. The highest BCUT2D eigenvalue weighted by molar-refractivity contribution is 8.01. The fraction of sp³-hybridized carbons (Fsp3) is 0.800. The van der Waals surface area contributed by atoms with Gasteiger partial charge in [-0.05, 0) is 67.9 Å². The highest BCUT2D eigenvalue weighted by Gasteiger charge is 2.55. The first-order valence-corrected chi connectivity index (χ1v) is 12.3. The molecule has 1 atom stereocenters. The Kier molecular flexibility index (Phi) is 5.71. The van der Waals surface area contributed by atoms with Gasteiger partial charge < -0.3 is 5.32 Å². The van der Waals surface area contributed by atoms with Gasteiger partial charge in [0.15, 0.2) is 4.34 Å². The lowest BCUT2D eigenvalue weighted by molar-refractivity contribution is -0.148. The quantitative estimate of drug-likeness (QED) is 0.513. The molecule has 4 bridgehead atoms. The molecule has 1 heterocycles. The number of aromatic nitrogens is 2. The van der Waals surface area contributed by atoms with Crippen LogP contribution in [0.3, 0.4) is 0 Å². The third-order valence-electron chi connectivity index (χ3n) is 6.66. The molecule has 154 valence electrons. The summed E-state index contributed by atoms with van der Waals surface area (Å²) in [6, 6.07) is -0.549. The average Bonchev–Trinajstić information content (AvgIpc) is 3.05. The van der Waals surface area contributed by atoms with Crippen LogP contribution in [0.15, 0.2) is 4.34 Å². The summed E-state index contributed by atoms with van der Waals surface area (Å²) in [4.78, 5) is 26.2. The molecule has 8 heteroatoms. The van der Waals surface area contributed by atoms with Crippen molar-refractivity contribution >= 4 is 40.0 Å². The summed E-state index contributed by atoms with van der Waals surface area (Å²) in [5.41, 5.74) is -0.240. The lowest BCUT2D eigenvalue weighted by Gasteiger charge is -2.55. The van der Waals surface area contributed by atoms with E-state index >= 15 is 0 Å². The SMILES string of the molecule is CCSc1nnc(NC(=O)[C@@H](NC(=O)C23CC4CC(CC(C4)C2)C3)C(C)C)s1. The normalized spacial score (nSPS) is 31.8. The molecule has 5 rings (SSSR count). The van der Waals surface area contributed by atoms with Gasteiger partial charge in [-0.3, -0.25) is 14.9 Å². The predicted molar refractivity (Wildman–Crippen MR) is 112 cm³/mol. The second kappa shape index (κ2) is 7.94. The van der Waals surface area contributed by atoms with Gasteiger partial charge in [-0.25, -0.2) is 0 Å². The van der Waals surface area contributed by atoms with Crippen LogP contribution in [0.4, 0.5) is 5.13 Å². The summed E-state index contributed by atoms with van der Waals surface area (Å²) in [6.45, 7) is 6.00. The summed E-state index contributed by atoms with van der Waals surface area (Å²) >= 11 is 2.98. The first kappa shape index (κ1) is 20.1. The van der Waals surface area contributed by atoms with Crippen LogP contribution >= 0.6 is 23.1 Å². The van der Waals surface area contributed by atoms with Crippen LogP contribution in [0.5, 0.6) is 0 Å². The molecule has 4 aliphatic carbocycles. The van der Waals surface area contributed by atoms with Crippen molar-refractivity contribution in [1.82, 2.24) is 15.5 Å². The Labute approximate surface area is 175 Å². The van der Waals surface area contributed by atoms with Crippen LogP contribution in [-0.4, -0.2) is 33.8 Å². The van der Waals surface area contributed by atoms with Crippen LogP contribution in [0.2, 0.25) is 0 Å². The van der Waals surface area contributed by atoms with Crippen molar-refractivity contribution in [3.8, 4) is 0 Å². The molecule has 0 radical (unpaired) electrons. The highest BCUT2D eigenvalue weighted by atomic mass is 32.2. The van der Waals surface area contributed by atoms with Crippen LogP contribution in [0.25, 0.3) is 0 Å². The van der Waals surface area contributed by atoms with E-state index in [0.29, 0.717) is 22.9 Å². The molecule has 4 aliphatic rings. The van der Waals surface area contributed by atoms with Crippen molar-refractivity contribution in [3.63, 3.8) is 0 Å². The zero-order valence-electron chi connectivity index (χ0n) is 16.9. The van der Waals surface area contributed by atoms with Gasteiger partial charge in [0.05, 0.1) is 0 Å². The summed E-state index contributed by atoms with van der Waals surface area (Å²) < 4.78 is 0.844. The highest BCUT2D eigenvalue weighted by Crippen LogP contribution is 2.60. The second-order valence-electron chi connectivity index (χ2n) is 9.19. The molecule has 2 amide bonds. The van der Waals surface area contributed by atoms with E-state index in [4.69, 9.17) is 0 Å². The van der Waals surface area contributed by atoms with Crippen LogP contribution in [0, 0.1) is 29.1 Å². The maximum atomic E-state index is 13.3. The van der Waals surface area contributed by atoms with Crippen molar-refractivity contribution < 1.29 is 9.59 Å². The van der Waals surface area contributed by atoms with Crippen LogP contribution < -0.4 is 10.6 Å². The minimum atomic E-state index is -0.549. The van der Waals surface area contributed by atoms with E-state index in [1.807, 2.05) is 13.8 Å². The second-order valence-corrected chi connectivity index (χ2v) is 11.7. The molecule has 4 saturated carbocycles. The van der Waals surface area contributed by atoms with Crippen LogP contribution in [-0.2, 0) is 9.59 Å². The van der Waals surface area contributed by atoms with Crippen molar-refractivity contribution in [1.29, 1.82) is 0 Å². The number of thioether (sulfide) groups is 1. The third kappa shape index (κ3) is 3.95. The van der Waals surface area contributed by atoms with E-state index in [1.165, 1.54) is 30.6 Å². The van der Waals surface area contributed by atoms with Crippen molar-refractivity contribution in [3.05, 3.63) is 0 Å². The monoisotopic (exact) mass is 422 g/mol. The predicted octanol–water partition coefficient (Wildman–Crippen LogP) is 3.95. The first-order valence-electron chi connectivity index (χ1n) is 10.5. The standard InChI is InChI=1S/C20H30N4O2S2/c1-4-27-19-24-23-18(28-19)22-16(25)15(11(2)3)21-17(26)20-8-12-5-13(9-20)7-14(6-12)10-20/h11-15H,4-10H2,1-3H3,(H,21,26)(H,22,23,25)/t12?,13?,14?,15-,20?/m0/s1. The number of carbonyl (C=O) groups is 2. The van der Waals surface area contributed by atoms with Gasteiger partial charge >= 0.3 is 0 Å². The molecular weight excluding hydrogens is 392 g/mol. The van der Waals surface area contributed by atoms with Gasteiger partial charge in [0.25, 0.3) is 0 Å². The lowest BCUT2D eigenvalue weighted by atomic mass is 9.49. The number of hydrogen-bond acceptors (Lipinski definition) is 6. The van der Waals surface area contributed by atoms with E-state index < -0.39 is 6.04 Å². The zero-order chi connectivity index (χ0) is 19.9. The van der Waals surface area contributed by atoms with Crippen molar-refractivity contribution in [2.45, 2.75) is 69.7 Å².